The number of carbonyl (C=O) groups is 2. The Hall–Kier alpha value is -3.28. The number of halogens is 1. The van der Waals surface area contributed by atoms with E-state index in [1.54, 1.807) is 18.3 Å². The van der Waals surface area contributed by atoms with Crippen LogP contribution >= 0.6 is 0 Å². The summed E-state index contributed by atoms with van der Waals surface area (Å²) < 4.78 is 23.8. The summed E-state index contributed by atoms with van der Waals surface area (Å²) >= 11 is 0. The molecule has 0 aliphatic rings. The number of ether oxygens (including phenoxy) is 2. The third-order valence-corrected chi connectivity index (χ3v) is 4.61. The number of unbranched alkanes of at least 4 members (excludes halogenated alkanes) is 1. The molecule has 5 nitrogen and oxygen atoms in total. The number of methoxy groups -OCH3 is 1. The van der Waals surface area contributed by atoms with Crippen LogP contribution in [0.25, 0.3) is 10.9 Å². The van der Waals surface area contributed by atoms with Gasteiger partial charge in [0.15, 0.2) is 12.0 Å². The molecular formula is C23H22FNO4. The third kappa shape index (κ3) is 4.59. The first-order valence-electron chi connectivity index (χ1n) is 9.43. The molecule has 6 heteroatoms. The van der Waals surface area contributed by atoms with E-state index in [1.165, 1.54) is 25.3 Å². The number of benzene rings is 2. The maximum atomic E-state index is 13.1. The van der Waals surface area contributed by atoms with Gasteiger partial charge in [-0.2, -0.15) is 0 Å². The van der Waals surface area contributed by atoms with Gasteiger partial charge in [0.25, 0.3) is 0 Å². The van der Waals surface area contributed by atoms with Crippen LogP contribution in [0.3, 0.4) is 0 Å². The summed E-state index contributed by atoms with van der Waals surface area (Å²) in [5, 5.41) is 0.596. The van der Waals surface area contributed by atoms with Crippen molar-refractivity contribution in [2.45, 2.75) is 26.2 Å². The Labute approximate surface area is 168 Å². The van der Waals surface area contributed by atoms with Gasteiger partial charge in [-0.25, -0.2) is 9.18 Å². The Balaban J connectivity index is 2.09. The second-order valence-electron chi connectivity index (χ2n) is 6.70. The summed E-state index contributed by atoms with van der Waals surface area (Å²) in [6.45, 7) is 2.47. The Bertz CT molecular complexity index is 1030. The van der Waals surface area contributed by atoms with Crippen LogP contribution in [-0.4, -0.2) is 31.0 Å². The third-order valence-electron chi connectivity index (χ3n) is 4.61. The molecule has 3 rings (SSSR count). The van der Waals surface area contributed by atoms with Gasteiger partial charge in [-0.3, -0.25) is 9.78 Å². The molecule has 0 radical (unpaired) electrons. The van der Waals surface area contributed by atoms with Crippen molar-refractivity contribution >= 4 is 23.2 Å². The van der Waals surface area contributed by atoms with Crippen LogP contribution in [-0.2, 0) is 11.2 Å². The minimum Gasteiger partial charge on any atom is -0.490 e. The molecule has 2 aromatic carbocycles. The average molecular weight is 395 g/mol. The van der Waals surface area contributed by atoms with E-state index in [1.807, 2.05) is 13.0 Å². The molecule has 0 spiro atoms. The zero-order chi connectivity index (χ0) is 20.8. The van der Waals surface area contributed by atoms with Gasteiger partial charge < -0.3 is 9.47 Å². The van der Waals surface area contributed by atoms with Crippen molar-refractivity contribution in [3.05, 3.63) is 70.7 Å². The van der Waals surface area contributed by atoms with Crippen LogP contribution < -0.4 is 4.74 Å². The van der Waals surface area contributed by atoms with E-state index in [0.29, 0.717) is 41.5 Å². The number of aromatic nitrogens is 1. The van der Waals surface area contributed by atoms with Gasteiger partial charge in [-0.1, -0.05) is 25.5 Å². The predicted octanol–water partition coefficient (Wildman–Crippen LogP) is 4.74. The molecule has 0 bridgehead atoms. The molecule has 1 heterocycles. The van der Waals surface area contributed by atoms with Gasteiger partial charge in [-0.05, 0) is 48.2 Å². The first-order chi connectivity index (χ1) is 14.1. The fourth-order valence-electron chi connectivity index (χ4n) is 3.09. The van der Waals surface area contributed by atoms with Gasteiger partial charge in [0.2, 0.25) is 0 Å². The number of fused-ring (bicyclic) bond motifs is 1. The molecule has 150 valence electrons. The van der Waals surface area contributed by atoms with E-state index in [0.717, 1.165) is 24.0 Å². The van der Waals surface area contributed by atoms with Crippen molar-refractivity contribution in [3.63, 3.8) is 0 Å². The molecule has 0 saturated heterocycles. The average Bonchev–Trinajstić information content (AvgIpc) is 2.74. The zero-order valence-corrected chi connectivity index (χ0v) is 16.4. The summed E-state index contributed by atoms with van der Waals surface area (Å²) in [6, 6.07) is 9.56. The lowest BCUT2D eigenvalue weighted by Gasteiger charge is -2.15. The van der Waals surface area contributed by atoms with E-state index in [2.05, 4.69) is 4.98 Å². The van der Waals surface area contributed by atoms with Gasteiger partial charge >= 0.3 is 5.97 Å². The van der Waals surface area contributed by atoms with Gasteiger partial charge in [-0.15, -0.1) is 0 Å². The maximum absolute atomic E-state index is 13.1. The van der Waals surface area contributed by atoms with Crippen molar-refractivity contribution in [1.29, 1.82) is 0 Å². The summed E-state index contributed by atoms with van der Waals surface area (Å²) in [7, 11) is 1.28. The summed E-state index contributed by atoms with van der Waals surface area (Å²) in [4.78, 5) is 28.4. The van der Waals surface area contributed by atoms with Gasteiger partial charge in [0.05, 0.1) is 13.7 Å². The first kappa shape index (κ1) is 20.5. The normalized spacial score (nSPS) is 10.7. The number of nitrogens with zero attached hydrogens (tertiary/aromatic N) is 1. The molecular weight excluding hydrogens is 373 g/mol. The predicted molar refractivity (Wildman–Crippen MR) is 108 cm³/mol. The number of hydrogen-bond acceptors (Lipinski definition) is 5. The monoisotopic (exact) mass is 395 g/mol. The first-order valence-corrected chi connectivity index (χ1v) is 9.43. The zero-order valence-electron chi connectivity index (χ0n) is 16.4. The van der Waals surface area contributed by atoms with Crippen molar-refractivity contribution in [2.75, 3.05) is 13.7 Å². The lowest BCUT2D eigenvalue weighted by Crippen LogP contribution is -2.09. The second kappa shape index (κ2) is 9.28. The molecule has 3 aromatic rings. The number of esters is 1. The molecule has 0 saturated carbocycles. The minimum absolute atomic E-state index is 0.178. The Kier molecular flexibility index (Phi) is 6.54. The Morgan fingerprint density at radius 2 is 1.93 bits per heavy atom. The number of hydrogen-bond donors (Lipinski definition) is 0. The minimum atomic E-state index is -0.585. The highest BCUT2D eigenvalue weighted by atomic mass is 19.1. The van der Waals surface area contributed by atoms with Crippen molar-refractivity contribution in [1.82, 2.24) is 4.98 Å². The molecule has 0 atom stereocenters. The summed E-state index contributed by atoms with van der Waals surface area (Å²) in [6.07, 6.45) is 4.65. The summed E-state index contributed by atoms with van der Waals surface area (Å²) in [5.41, 5.74) is 2.73. The lowest BCUT2D eigenvalue weighted by molar-refractivity contribution is 0.0596. The standard InChI is InChI=1S/C23H22FNO4/c1-3-4-9-29-22-20(23(27)28-2)12-17(14-26)19-11-16(13-25-21(19)22)10-15-5-7-18(24)8-6-15/h5-8,11-14H,3-4,9-10H2,1-2H3. The SMILES string of the molecule is CCCCOc1c(C(=O)OC)cc(C=O)c2cc(Cc3ccc(F)cc3)cnc12. The van der Waals surface area contributed by atoms with E-state index in [9.17, 15) is 14.0 Å². The number of pyridine rings is 1. The van der Waals surface area contributed by atoms with Crippen molar-refractivity contribution < 1.29 is 23.5 Å². The van der Waals surface area contributed by atoms with Gasteiger partial charge in [0, 0.05) is 17.1 Å². The topological polar surface area (TPSA) is 65.5 Å². The van der Waals surface area contributed by atoms with Crippen molar-refractivity contribution in [2.24, 2.45) is 0 Å². The highest BCUT2D eigenvalue weighted by Crippen LogP contribution is 2.32. The highest BCUT2D eigenvalue weighted by molar-refractivity contribution is 6.06. The fraction of sp³-hybridized carbons (Fsp3) is 0.261. The van der Waals surface area contributed by atoms with E-state index >= 15 is 0 Å². The Morgan fingerprint density at radius 3 is 2.59 bits per heavy atom. The second-order valence-corrected chi connectivity index (χ2v) is 6.70. The van der Waals surface area contributed by atoms with Crippen LogP contribution in [0, 0.1) is 5.82 Å². The number of aldehydes is 1. The molecule has 0 fully saturated rings. The molecule has 0 aliphatic carbocycles. The van der Waals surface area contributed by atoms with Crippen LogP contribution in [0.2, 0.25) is 0 Å². The molecule has 1 aromatic heterocycles. The summed E-state index contributed by atoms with van der Waals surface area (Å²) in [5.74, 6) is -0.559. The van der Waals surface area contributed by atoms with Crippen LogP contribution in [0.5, 0.6) is 5.75 Å². The smallest absolute Gasteiger partial charge is 0.341 e. The maximum Gasteiger partial charge on any atom is 0.341 e. The van der Waals surface area contributed by atoms with Crippen LogP contribution in [0.15, 0.2) is 42.6 Å². The quantitative estimate of drug-likeness (QED) is 0.313. The van der Waals surface area contributed by atoms with Gasteiger partial charge in [0.1, 0.15) is 16.9 Å². The number of rotatable bonds is 8. The van der Waals surface area contributed by atoms with Crippen LogP contribution in [0.4, 0.5) is 4.39 Å². The molecule has 0 N–H and O–H groups in total. The van der Waals surface area contributed by atoms with Crippen molar-refractivity contribution in [3.8, 4) is 5.75 Å². The van der Waals surface area contributed by atoms with Crippen LogP contribution in [0.1, 0.15) is 51.6 Å². The molecule has 29 heavy (non-hydrogen) atoms. The van der Waals surface area contributed by atoms with E-state index in [-0.39, 0.29) is 11.4 Å². The molecule has 0 aliphatic heterocycles. The fourth-order valence-corrected chi connectivity index (χ4v) is 3.09. The highest BCUT2D eigenvalue weighted by Gasteiger charge is 2.21. The largest absolute Gasteiger partial charge is 0.490 e. The Morgan fingerprint density at radius 1 is 1.17 bits per heavy atom. The lowest BCUT2D eigenvalue weighted by atomic mass is 9.99. The number of carbonyl (C=O) groups excluding carboxylic acids is 2. The molecule has 0 amide bonds. The van der Waals surface area contributed by atoms with E-state index in [4.69, 9.17) is 9.47 Å². The van der Waals surface area contributed by atoms with E-state index < -0.39 is 5.97 Å². The molecule has 0 unspecified atom stereocenters.